The average Bonchev–Trinajstić information content (AvgIpc) is 0.801. The summed E-state index contributed by atoms with van der Waals surface area (Å²) in [5.41, 5.74) is 0. The van der Waals surface area contributed by atoms with Crippen LogP contribution in [0.3, 0.4) is 0 Å². The van der Waals surface area contributed by atoms with E-state index in [-0.39, 0.29) is 18.9 Å². The molecule has 2 fully saturated rings. The molecule has 12 atom stereocenters. The Balaban J connectivity index is 1.59. The topological polar surface area (TPSA) is 228 Å². The van der Waals surface area contributed by atoms with Crippen molar-refractivity contribution in [3.63, 3.8) is 0 Å². The van der Waals surface area contributed by atoms with Crippen molar-refractivity contribution in [2.75, 3.05) is 19.8 Å². The van der Waals surface area contributed by atoms with Crippen molar-refractivity contribution in [1.82, 2.24) is 5.32 Å². The van der Waals surface area contributed by atoms with Crippen LogP contribution in [0.5, 0.6) is 0 Å². The van der Waals surface area contributed by atoms with Gasteiger partial charge in [0.25, 0.3) is 0 Å². The molecule has 0 aromatic heterocycles. The minimum absolute atomic E-state index is 0.243. The molecule has 12 unspecified atom stereocenters. The van der Waals surface area contributed by atoms with Gasteiger partial charge in [0, 0.05) is 6.42 Å². The third-order valence-electron chi connectivity index (χ3n) is 19.4. The molecule has 0 aromatic carbocycles. The summed E-state index contributed by atoms with van der Waals surface area (Å²) in [4.78, 5) is 13.4. The molecular weight excluding hydrogens is 1190 g/mol. The third kappa shape index (κ3) is 48.2. The summed E-state index contributed by atoms with van der Waals surface area (Å²) in [5.74, 6) is -0.243. The van der Waals surface area contributed by atoms with Crippen LogP contribution in [0.4, 0.5) is 0 Å². The fourth-order valence-corrected chi connectivity index (χ4v) is 13.1. The number of nitrogens with one attached hydrogen (secondary N) is 1. The van der Waals surface area contributed by atoms with Crippen molar-refractivity contribution in [3.8, 4) is 0 Å². The van der Waals surface area contributed by atoms with Crippen molar-refractivity contribution < 1.29 is 64.6 Å². The molecule has 1 amide bonds. The maximum Gasteiger partial charge on any atom is 0.220 e. The minimum atomic E-state index is -1.79. The number of amides is 1. The van der Waals surface area contributed by atoms with Crippen LogP contribution in [0.25, 0.3) is 0 Å². The Morgan fingerprint density at radius 2 is 0.705 bits per heavy atom. The van der Waals surface area contributed by atoms with Gasteiger partial charge >= 0.3 is 0 Å². The Labute approximate surface area is 581 Å². The van der Waals surface area contributed by atoms with Crippen LogP contribution in [-0.2, 0) is 23.7 Å². The number of carbonyl (C=O) groups excluding carboxylic acids is 1. The summed E-state index contributed by atoms with van der Waals surface area (Å²) < 4.78 is 22.9. The second kappa shape index (κ2) is 65.0. The molecule has 9 N–H and O–H groups in total. The van der Waals surface area contributed by atoms with E-state index in [9.17, 15) is 45.6 Å². The lowest BCUT2D eigenvalue weighted by atomic mass is 9.97. The quantitative estimate of drug-likeness (QED) is 0.0204. The van der Waals surface area contributed by atoms with Crippen molar-refractivity contribution >= 4 is 5.91 Å². The number of rotatable bonds is 67. The fraction of sp³-hybridized carbons (Fsp3) is 0.864. The van der Waals surface area contributed by atoms with Crippen LogP contribution in [0.1, 0.15) is 354 Å². The van der Waals surface area contributed by atoms with Gasteiger partial charge in [-0.05, 0) is 70.6 Å². The number of aliphatic hydroxyl groups is 8. The van der Waals surface area contributed by atoms with Gasteiger partial charge in [-0.15, -0.1) is 0 Å². The molecule has 2 aliphatic heterocycles. The lowest BCUT2D eigenvalue weighted by Crippen LogP contribution is -2.65. The molecule has 14 heteroatoms. The first-order chi connectivity index (χ1) is 46.6. The van der Waals surface area contributed by atoms with Gasteiger partial charge in [0.05, 0.1) is 32.0 Å². The Morgan fingerprint density at radius 1 is 0.379 bits per heavy atom. The van der Waals surface area contributed by atoms with Gasteiger partial charge in [-0.1, -0.05) is 338 Å². The first-order valence-electron chi connectivity index (χ1n) is 40.0. The van der Waals surface area contributed by atoms with Crippen molar-refractivity contribution in [2.24, 2.45) is 0 Å². The molecule has 0 bridgehead atoms. The molecule has 14 nitrogen and oxygen atoms in total. The van der Waals surface area contributed by atoms with E-state index in [0.717, 1.165) is 44.9 Å². The van der Waals surface area contributed by atoms with Crippen LogP contribution >= 0.6 is 0 Å². The second-order valence-corrected chi connectivity index (χ2v) is 28.2. The Bertz CT molecular complexity index is 1830. The SMILES string of the molecule is CCCCCCC/C=C\C/C=C\C/C=C\CCCCCCCCCCCCCCCCCCCCCCCCCCC(=O)NC(COC1OC(CO)C(OC2OC(CO)C(O)C(O)C2O)C(O)C1O)C(O)/C=C/CC/C=C/CCCCCCCCCCCCCCCCCC. The molecule has 556 valence electrons. The lowest BCUT2D eigenvalue weighted by Gasteiger charge is -2.46. The van der Waals surface area contributed by atoms with Gasteiger partial charge in [0.1, 0.15) is 48.8 Å². The Kier molecular flexibility index (Phi) is 60.8. The summed E-state index contributed by atoms with van der Waals surface area (Å²) in [5, 5.41) is 87.6. The highest BCUT2D eigenvalue weighted by Gasteiger charge is 2.51. The molecule has 95 heavy (non-hydrogen) atoms. The molecule has 0 radical (unpaired) electrons. The van der Waals surface area contributed by atoms with Crippen LogP contribution in [0.15, 0.2) is 60.8 Å². The summed E-state index contributed by atoms with van der Waals surface area (Å²) in [6.45, 7) is 2.82. The highest BCUT2D eigenvalue weighted by molar-refractivity contribution is 5.76. The van der Waals surface area contributed by atoms with Crippen LogP contribution in [0, 0.1) is 0 Å². The molecule has 0 aliphatic carbocycles. The van der Waals surface area contributed by atoms with E-state index >= 15 is 0 Å². The number of unbranched alkanes of at least 4 members (excludes halogenated alkanes) is 46. The van der Waals surface area contributed by atoms with Crippen LogP contribution in [0.2, 0.25) is 0 Å². The molecular formula is C81H149NO13. The highest BCUT2D eigenvalue weighted by atomic mass is 16.7. The lowest BCUT2D eigenvalue weighted by molar-refractivity contribution is -0.359. The minimum Gasteiger partial charge on any atom is -0.394 e. The normalized spacial score (nSPS) is 22.6. The molecule has 2 saturated heterocycles. The van der Waals surface area contributed by atoms with E-state index in [1.54, 1.807) is 6.08 Å². The summed E-state index contributed by atoms with van der Waals surface area (Å²) in [7, 11) is 0. The zero-order valence-electron chi connectivity index (χ0n) is 60.9. The standard InChI is InChI=1S/C81H149NO13/c1-3-5-7-9-11-13-15-17-19-21-23-25-27-28-29-30-31-32-33-34-35-36-37-38-39-40-41-42-43-45-47-49-51-53-55-57-59-61-63-65-73(86)82-69(68-92-80-78(91)76(89)79(72(67-84)94-80)95-81-77(90)75(88)74(87)71(66-83)93-81)70(85)64-62-60-58-56-54-52-50-48-46-44-26-24-22-20-18-16-14-12-10-8-6-4-2/h15,17,21,23,27-28,54,56,62,64,69-72,74-81,83-85,87-91H,3-14,16,18-20,22,24-26,29-53,55,57-61,63,65-68H2,1-2H3,(H,82,86)/b17-15-,23-21-,28-27-,56-54+,64-62+. The van der Waals surface area contributed by atoms with E-state index < -0.39 is 86.8 Å². The summed E-state index contributed by atoms with van der Waals surface area (Å²) >= 11 is 0. The predicted octanol–water partition coefficient (Wildman–Crippen LogP) is 18.0. The van der Waals surface area contributed by atoms with Gasteiger partial charge in [0.2, 0.25) is 5.91 Å². The molecule has 0 saturated carbocycles. The van der Waals surface area contributed by atoms with E-state index in [0.29, 0.717) is 12.8 Å². The Morgan fingerprint density at radius 3 is 1.11 bits per heavy atom. The monoisotopic (exact) mass is 1340 g/mol. The molecule has 2 heterocycles. The molecule has 0 spiro atoms. The highest BCUT2D eigenvalue weighted by Crippen LogP contribution is 2.30. The number of hydrogen-bond acceptors (Lipinski definition) is 13. The van der Waals surface area contributed by atoms with Crippen molar-refractivity contribution in [2.45, 2.75) is 428 Å². The van der Waals surface area contributed by atoms with Crippen LogP contribution in [-0.4, -0.2) is 140 Å². The number of hydrogen-bond donors (Lipinski definition) is 9. The summed E-state index contributed by atoms with van der Waals surface area (Å²) in [6.07, 6.45) is 71.7. The number of carbonyl (C=O) groups is 1. The first kappa shape index (κ1) is 88.8. The van der Waals surface area contributed by atoms with Crippen LogP contribution < -0.4 is 5.32 Å². The first-order valence-corrected chi connectivity index (χ1v) is 40.0. The zero-order valence-corrected chi connectivity index (χ0v) is 60.9. The molecule has 2 aliphatic rings. The van der Waals surface area contributed by atoms with Gasteiger partial charge in [-0.3, -0.25) is 4.79 Å². The third-order valence-corrected chi connectivity index (χ3v) is 19.4. The molecule has 2 rings (SSSR count). The van der Waals surface area contributed by atoms with Gasteiger partial charge < -0.3 is 65.1 Å². The van der Waals surface area contributed by atoms with Gasteiger partial charge in [-0.2, -0.15) is 0 Å². The zero-order chi connectivity index (χ0) is 68.7. The van der Waals surface area contributed by atoms with E-state index in [4.69, 9.17) is 18.9 Å². The average molecular weight is 1350 g/mol. The maximum absolute atomic E-state index is 13.4. The smallest absolute Gasteiger partial charge is 0.220 e. The van der Waals surface area contributed by atoms with E-state index in [2.05, 4.69) is 67.8 Å². The number of allylic oxidation sites excluding steroid dienone is 9. The maximum atomic E-state index is 13.4. The van der Waals surface area contributed by atoms with Crippen molar-refractivity contribution in [3.05, 3.63) is 60.8 Å². The van der Waals surface area contributed by atoms with E-state index in [1.165, 1.54) is 276 Å². The largest absolute Gasteiger partial charge is 0.394 e. The predicted molar refractivity (Wildman–Crippen MR) is 392 cm³/mol. The second-order valence-electron chi connectivity index (χ2n) is 28.2. The molecule has 0 aromatic rings. The van der Waals surface area contributed by atoms with Crippen molar-refractivity contribution in [1.29, 1.82) is 0 Å². The van der Waals surface area contributed by atoms with Gasteiger partial charge in [-0.25, -0.2) is 0 Å². The number of ether oxygens (including phenoxy) is 4. The fourth-order valence-electron chi connectivity index (χ4n) is 13.1. The summed E-state index contributed by atoms with van der Waals surface area (Å²) in [6, 6.07) is -0.933. The number of aliphatic hydroxyl groups excluding tert-OH is 8. The Hall–Kier alpha value is -2.31. The van der Waals surface area contributed by atoms with E-state index in [1.807, 2.05) is 6.08 Å². The van der Waals surface area contributed by atoms with Gasteiger partial charge in [0.15, 0.2) is 12.6 Å².